The lowest BCUT2D eigenvalue weighted by atomic mass is 10.1. The molecule has 0 saturated carbocycles. The monoisotopic (exact) mass is 337 g/mol. The lowest BCUT2D eigenvalue weighted by Crippen LogP contribution is -2.46. The van der Waals surface area contributed by atoms with Gasteiger partial charge in [-0.05, 0) is 36.8 Å². The number of rotatable bonds is 4. The second-order valence-electron chi connectivity index (χ2n) is 6.14. The van der Waals surface area contributed by atoms with Crippen LogP contribution in [0.3, 0.4) is 0 Å². The van der Waals surface area contributed by atoms with Gasteiger partial charge in [-0.3, -0.25) is 0 Å². The minimum atomic E-state index is -0.667. The number of urea groups is 1. The van der Waals surface area contributed by atoms with E-state index in [1.807, 2.05) is 12.1 Å². The molecule has 0 radical (unpaired) electrons. The molecule has 1 aliphatic heterocycles. The van der Waals surface area contributed by atoms with Gasteiger partial charge in [0.2, 0.25) is 0 Å². The predicted molar refractivity (Wildman–Crippen MR) is 102 cm³/mol. The Morgan fingerprint density at radius 2 is 1.44 bits per heavy atom. The number of hydrogen-bond acceptors (Lipinski definition) is 4. The zero-order valence-corrected chi connectivity index (χ0v) is 14.4. The van der Waals surface area contributed by atoms with Crippen LogP contribution in [0.2, 0.25) is 0 Å². The van der Waals surface area contributed by atoms with E-state index in [1.54, 1.807) is 6.21 Å². The molecule has 2 aromatic rings. The Morgan fingerprint density at radius 1 is 0.960 bits per heavy atom. The SMILES string of the molecule is Cc1ccc(N2CCN(c3ccc(/C=N/NC(N)=O)cc3)CC2)cc1. The zero-order valence-electron chi connectivity index (χ0n) is 14.4. The molecular weight excluding hydrogens is 314 g/mol. The highest BCUT2D eigenvalue weighted by Crippen LogP contribution is 2.21. The number of hydrazone groups is 1. The topological polar surface area (TPSA) is 74.0 Å². The van der Waals surface area contributed by atoms with Crippen molar-refractivity contribution in [2.45, 2.75) is 6.92 Å². The average Bonchev–Trinajstić information content (AvgIpc) is 2.63. The molecule has 3 N–H and O–H groups in total. The van der Waals surface area contributed by atoms with Crippen LogP contribution in [0.25, 0.3) is 0 Å². The summed E-state index contributed by atoms with van der Waals surface area (Å²) < 4.78 is 0. The van der Waals surface area contributed by atoms with Crippen molar-refractivity contribution in [3.63, 3.8) is 0 Å². The van der Waals surface area contributed by atoms with Crippen molar-refractivity contribution in [2.75, 3.05) is 36.0 Å². The fourth-order valence-corrected chi connectivity index (χ4v) is 2.92. The van der Waals surface area contributed by atoms with E-state index in [0.717, 1.165) is 31.7 Å². The zero-order chi connectivity index (χ0) is 17.6. The summed E-state index contributed by atoms with van der Waals surface area (Å²) in [5.74, 6) is 0. The highest BCUT2D eigenvalue weighted by atomic mass is 16.2. The van der Waals surface area contributed by atoms with Crippen molar-refractivity contribution in [1.29, 1.82) is 0 Å². The Morgan fingerprint density at radius 3 is 1.92 bits per heavy atom. The molecule has 6 nitrogen and oxygen atoms in total. The summed E-state index contributed by atoms with van der Waals surface area (Å²) >= 11 is 0. The number of anilines is 2. The summed E-state index contributed by atoms with van der Waals surface area (Å²) in [6.45, 7) is 6.11. The Labute approximate surface area is 147 Å². The number of nitrogens with one attached hydrogen (secondary N) is 1. The lowest BCUT2D eigenvalue weighted by molar-refractivity contribution is 0.249. The van der Waals surface area contributed by atoms with Crippen LogP contribution in [0.5, 0.6) is 0 Å². The van der Waals surface area contributed by atoms with E-state index in [9.17, 15) is 4.79 Å². The summed E-state index contributed by atoms with van der Waals surface area (Å²) in [4.78, 5) is 15.4. The Balaban J connectivity index is 1.56. The van der Waals surface area contributed by atoms with E-state index in [2.05, 4.69) is 63.6 Å². The van der Waals surface area contributed by atoms with Gasteiger partial charge < -0.3 is 15.5 Å². The summed E-state index contributed by atoms with van der Waals surface area (Å²) in [6.07, 6.45) is 1.57. The quantitative estimate of drug-likeness (QED) is 0.664. The molecule has 0 atom stereocenters. The third-order valence-corrected chi connectivity index (χ3v) is 4.33. The highest BCUT2D eigenvalue weighted by molar-refractivity contribution is 5.82. The highest BCUT2D eigenvalue weighted by Gasteiger charge is 2.17. The van der Waals surface area contributed by atoms with Crippen LogP contribution in [0, 0.1) is 6.92 Å². The normalized spacial score (nSPS) is 14.8. The van der Waals surface area contributed by atoms with Crippen LogP contribution in [-0.2, 0) is 0 Å². The number of hydrogen-bond donors (Lipinski definition) is 2. The van der Waals surface area contributed by atoms with E-state index in [1.165, 1.54) is 16.9 Å². The minimum Gasteiger partial charge on any atom is -0.368 e. The van der Waals surface area contributed by atoms with Gasteiger partial charge >= 0.3 is 6.03 Å². The largest absolute Gasteiger partial charge is 0.368 e. The molecule has 0 aliphatic carbocycles. The number of aryl methyl sites for hydroxylation is 1. The maximum absolute atomic E-state index is 10.6. The van der Waals surface area contributed by atoms with Gasteiger partial charge in [-0.1, -0.05) is 29.8 Å². The third kappa shape index (κ3) is 4.50. The van der Waals surface area contributed by atoms with Gasteiger partial charge in [0.15, 0.2) is 0 Å². The van der Waals surface area contributed by atoms with E-state index >= 15 is 0 Å². The molecule has 0 spiro atoms. The van der Waals surface area contributed by atoms with Gasteiger partial charge in [-0.25, -0.2) is 10.2 Å². The fourth-order valence-electron chi connectivity index (χ4n) is 2.92. The standard InChI is InChI=1S/C19H23N5O/c1-15-2-6-17(7-3-15)23-10-12-24(13-11-23)18-8-4-16(5-9-18)14-21-22-19(20)25/h2-9,14H,10-13H2,1H3,(H3,20,22,25)/b21-14+. The van der Waals surface area contributed by atoms with Crippen molar-refractivity contribution < 1.29 is 4.79 Å². The smallest absolute Gasteiger partial charge is 0.332 e. The van der Waals surface area contributed by atoms with Crippen LogP contribution in [-0.4, -0.2) is 38.4 Å². The Kier molecular flexibility index (Phi) is 5.18. The first kappa shape index (κ1) is 16.8. The summed E-state index contributed by atoms with van der Waals surface area (Å²) in [7, 11) is 0. The van der Waals surface area contributed by atoms with E-state index < -0.39 is 6.03 Å². The molecule has 0 unspecified atom stereocenters. The minimum absolute atomic E-state index is 0.667. The molecule has 25 heavy (non-hydrogen) atoms. The molecule has 1 heterocycles. The maximum Gasteiger partial charge on any atom is 0.332 e. The van der Waals surface area contributed by atoms with Gasteiger partial charge in [0.1, 0.15) is 0 Å². The van der Waals surface area contributed by atoms with Crippen molar-refractivity contribution in [1.82, 2.24) is 5.43 Å². The van der Waals surface area contributed by atoms with Gasteiger partial charge in [0.05, 0.1) is 6.21 Å². The first-order chi connectivity index (χ1) is 12.1. The van der Waals surface area contributed by atoms with Gasteiger partial charge in [-0.2, -0.15) is 5.10 Å². The van der Waals surface area contributed by atoms with Crippen molar-refractivity contribution in [3.8, 4) is 0 Å². The van der Waals surface area contributed by atoms with Crippen LogP contribution in [0.4, 0.5) is 16.2 Å². The van der Waals surface area contributed by atoms with Gasteiger partial charge in [0, 0.05) is 37.6 Å². The number of benzene rings is 2. The number of nitrogens with two attached hydrogens (primary N) is 1. The van der Waals surface area contributed by atoms with Crippen LogP contribution in [0.1, 0.15) is 11.1 Å². The first-order valence-electron chi connectivity index (χ1n) is 8.37. The third-order valence-electron chi connectivity index (χ3n) is 4.33. The first-order valence-corrected chi connectivity index (χ1v) is 8.37. The predicted octanol–water partition coefficient (Wildman–Crippen LogP) is 2.32. The molecule has 0 aromatic heterocycles. The van der Waals surface area contributed by atoms with Crippen LogP contribution >= 0.6 is 0 Å². The van der Waals surface area contributed by atoms with Crippen LogP contribution < -0.4 is 21.0 Å². The summed E-state index contributed by atoms with van der Waals surface area (Å²) in [5, 5.41) is 3.76. The number of nitrogens with zero attached hydrogens (tertiary/aromatic N) is 3. The van der Waals surface area contributed by atoms with Crippen molar-refractivity contribution in [3.05, 3.63) is 59.7 Å². The summed E-state index contributed by atoms with van der Waals surface area (Å²) in [6, 6.07) is 16.2. The number of primary amides is 1. The number of carbonyl (C=O) groups excluding carboxylic acids is 1. The summed E-state index contributed by atoms with van der Waals surface area (Å²) in [5.41, 5.74) is 11.8. The van der Waals surface area contributed by atoms with E-state index in [4.69, 9.17) is 5.73 Å². The molecule has 6 heteroatoms. The molecular formula is C19H23N5O. The molecule has 1 fully saturated rings. The molecule has 3 rings (SSSR count). The maximum atomic E-state index is 10.6. The molecule has 1 saturated heterocycles. The lowest BCUT2D eigenvalue weighted by Gasteiger charge is -2.37. The number of piperazine rings is 1. The molecule has 2 amide bonds. The van der Waals surface area contributed by atoms with Crippen molar-refractivity contribution >= 4 is 23.6 Å². The second kappa shape index (κ2) is 7.70. The fraction of sp³-hybridized carbons (Fsp3) is 0.263. The molecule has 2 aromatic carbocycles. The second-order valence-corrected chi connectivity index (χ2v) is 6.14. The number of carbonyl (C=O) groups is 1. The van der Waals surface area contributed by atoms with Crippen molar-refractivity contribution in [2.24, 2.45) is 10.8 Å². The average molecular weight is 337 g/mol. The molecule has 0 bridgehead atoms. The van der Waals surface area contributed by atoms with E-state index in [0.29, 0.717) is 0 Å². The van der Waals surface area contributed by atoms with E-state index in [-0.39, 0.29) is 0 Å². The van der Waals surface area contributed by atoms with Gasteiger partial charge in [-0.15, -0.1) is 0 Å². The van der Waals surface area contributed by atoms with Crippen LogP contribution in [0.15, 0.2) is 53.6 Å². The molecule has 130 valence electrons. The Bertz CT molecular complexity index is 731. The number of amides is 2. The Hall–Kier alpha value is -3.02. The molecule has 1 aliphatic rings. The van der Waals surface area contributed by atoms with Gasteiger partial charge in [0.25, 0.3) is 0 Å².